The monoisotopic (exact) mass is 239 g/mol. The molecular formula is C12H9N5O. The molecule has 0 aliphatic rings. The summed E-state index contributed by atoms with van der Waals surface area (Å²) in [6, 6.07) is 9.02. The van der Waals surface area contributed by atoms with E-state index in [0.29, 0.717) is 28.8 Å². The van der Waals surface area contributed by atoms with Crippen molar-refractivity contribution in [3.05, 3.63) is 42.7 Å². The largest absolute Gasteiger partial charge is 0.398 e. The molecule has 0 radical (unpaired) electrons. The van der Waals surface area contributed by atoms with Gasteiger partial charge in [0.1, 0.15) is 0 Å². The van der Waals surface area contributed by atoms with Crippen LogP contribution in [0, 0.1) is 0 Å². The first kappa shape index (κ1) is 10.4. The zero-order chi connectivity index (χ0) is 12.4. The molecule has 0 amide bonds. The van der Waals surface area contributed by atoms with Gasteiger partial charge in [-0.15, -0.1) is 0 Å². The molecule has 0 saturated heterocycles. The van der Waals surface area contributed by atoms with Gasteiger partial charge in [-0.05, 0) is 18.2 Å². The second-order valence-corrected chi connectivity index (χ2v) is 3.58. The molecule has 3 aromatic rings. The van der Waals surface area contributed by atoms with E-state index in [1.165, 1.54) is 0 Å². The van der Waals surface area contributed by atoms with Crippen LogP contribution in [-0.2, 0) is 0 Å². The van der Waals surface area contributed by atoms with Crippen molar-refractivity contribution in [2.24, 2.45) is 0 Å². The van der Waals surface area contributed by atoms with Crippen molar-refractivity contribution in [2.75, 3.05) is 5.73 Å². The molecule has 2 heterocycles. The second-order valence-electron chi connectivity index (χ2n) is 3.58. The topological polar surface area (TPSA) is 90.7 Å². The second kappa shape index (κ2) is 4.25. The summed E-state index contributed by atoms with van der Waals surface area (Å²) >= 11 is 0. The van der Waals surface area contributed by atoms with Crippen molar-refractivity contribution < 1.29 is 4.52 Å². The van der Waals surface area contributed by atoms with Crippen molar-refractivity contribution >= 4 is 5.69 Å². The number of para-hydroxylation sites is 1. The molecule has 0 fully saturated rings. The van der Waals surface area contributed by atoms with Crippen LogP contribution >= 0.6 is 0 Å². The van der Waals surface area contributed by atoms with Crippen molar-refractivity contribution in [1.29, 1.82) is 0 Å². The third-order valence-corrected chi connectivity index (χ3v) is 2.38. The number of nitrogens with two attached hydrogens (primary N) is 1. The van der Waals surface area contributed by atoms with Gasteiger partial charge < -0.3 is 10.3 Å². The number of anilines is 1. The minimum absolute atomic E-state index is 0.342. The number of nitrogen functional groups attached to an aromatic ring is 1. The Hall–Kier alpha value is -2.76. The van der Waals surface area contributed by atoms with Gasteiger partial charge in [0.25, 0.3) is 5.89 Å². The minimum Gasteiger partial charge on any atom is -0.398 e. The van der Waals surface area contributed by atoms with E-state index in [1.807, 2.05) is 18.2 Å². The van der Waals surface area contributed by atoms with E-state index in [-0.39, 0.29) is 0 Å². The predicted octanol–water partition coefficient (Wildman–Crippen LogP) is 1.78. The van der Waals surface area contributed by atoms with E-state index >= 15 is 0 Å². The van der Waals surface area contributed by atoms with Gasteiger partial charge in [-0.25, -0.2) is 9.97 Å². The number of nitrogens with zero attached hydrogens (tertiary/aromatic N) is 4. The van der Waals surface area contributed by atoms with Crippen LogP contribution in [0.2, 0.25) is 0 Å². The molecule has 0 aliphatic heterocycles. The maximum atomic E-state index is 5.84. The maximum absolute atomic E-state index is 5.84. The summed E-state index contributed by atoms with van der Waals surface area (Å²) in [4.78, 5) is 12.3. The fraction of sp³-hybridized carbons (Fsp3) is 0. The summed E-state index contributed by atoms with van der Waals surface area (Å²) in [5.74, 6) is 1.12. The van der Waals surface area contributed by atoms with E-state index in [2.05, 4.69) is 20.1 Å². The van der Waals surface area contributed by atoms with Crippen LogP contribution in [0.3, 0.4) is 0 Å². The first-order valence-electron chi connectivity index (χ1n) is 5.30. The molecule has 6 heteroatoms. The molecule has 0 saturated carbocycles. The number of benzene rings is 1. The highest BCUT2D eigenvalue weighted by Crippen LogP contribution is 2.25. The fourth-order valence-corrected chi connectivity index (χ4v) is 1.53. The Balaban J connectivity index is 2.03. The lowest BCUT2D eigenvalue weighted by molar-refractivity contribution is 0.432. The average molecular weight is 239 g/mol. The highest BCUT2D eigenvalue weighted by Gasteiger charge is 2.13. The fourth-order valence-electron chi connectivity index (χ4n) is 1.53. The Morgan fingerprint density at radius 1 is 0.944 bits per heavy atom. The van der Waals surface area contributed by atoms with Crippen molar-refractivity contribution in [1.82, 2.24) is 20.1 Å². The summed E-state index contributed by atoms with van der Waals surface area (Å²) in [7, 11) is 0. The van der Waals surface area contributed by atoms with Gasteiger partial charge in [-0.3, -0.25) is 0 Å². The summed E-state index contributed by atoms with van der Waals surface area (Å²) in [6.07, 6.45) is 3.24. The number of hydrogen-bond acceptors (Lipinski definition) is 6. The first-order valence-corrected chi connectivity index (χ1v) is 5.30. The van der Waals surface area contributed by atoms with Gasteiger partial charge in [-0.1, -0.05) is 17.3 Å². The summed E-state index contributed by atoms with van der Waals surface area (Å²) < 4.78 is 5.16. The average Bonchev–Trinajstić information content (AvgIpc) is 2.90. The minimum atomic E-state index is 0.342. The quantitative estimate of drug-likeness (QED) is 0.685. The summed E-state index contributed by atoms with van der Waals surface area (Å²) in [5.41, 5.74) is 7.13. The molecule has 1 aromatic carbocycles. The molecule has 6 nitrogen and oxygen atoms in total. The van der Waals surface area contributed by atoms with Crippen LogP contribution in [0.25, 0.3) is 23.1 Å². The van der Waals surface area contributed by atoms with Gasteiger partial charge in [0, 0.05) is 18.1 Å². The third-order valence-electron chi connectivity index (χ3n) is 2.38. The molecule has 3 rings (SSSR count). The standard InChI is InChI=1S/C12H9N5O/c13-9-5-2-1-4-8(9)12-16-11(17-18-12)10-14-6-3-7-15-10/h1-7H,13H2. The lowest BCUT2D eigenvalue weighted by Crippen LogP contribution is -1.90. The van der Waals surface area contributed by atoms with Crippen LogP contribution < -0.4 is 5.73 Å². The van der Waals surface area contributed by atoms with E-state index in [9.17, 15) is 0 Å². The van der Waals surface area contributed by atoms with Gasteiger partial charge in [0.2, 0.25) is 11.6 Å². The molecule has 0 atom stereocenters. The Morgan fingerprint density at radius 2 is 1.72 bits per heavy atom. The van der Waals surface area contributed by atoms with Crippen molar-refractivity contribution in [3.8, 4) is 23.1 Å². The number of hydrogen-bond donors (Lipinski definition) is 1. The van der Waals surface area contributed by atoms with E-state index in [1.54, 1.807) is 24.5 Å². The van der Waals surface area contributed by atoms with Crippen molar-refractivity contribution in [2.45, 2.75) is 0 Å². The zero-order valence-electron chi connectivity index (χ0n) is 9.32. The Bertz CT molecular complexity index is 665. The van der Waals surface area contributed by atoms with Crippen LogP contribution in [0.1, 0.15) is 0 Å². The first-order chi connectivity index (χ1) is 8.84. The third kappa shape index (κ3) is 1.80. The van der Waals surface area contributed by atoms with Crippen molar-refractivity contribution in [3.63, 3.8) is 0 Å². The zero-order valence-corrected chi connectivity index (χ0v) is 9.32. The SMILES string of the molecule is Nc1ccccc1-c1nc(-c2ncccn2)no1. The molecule has 0 unspecified atom stereocenters. The van der Waals surface area contributed by atoms with E-state index < -0.39 is 0 Å². The van der Waals surface area contributed by atoms with Crippen LogP contribution in [0.5, 0.6) is 0 Å². The van der Waals surface area contributed by atoms with Crippen LogP contribution in [-0.4, -0.2) is 20.1 Å². The predicted molar refractivity (Wildman–Crippen MR) is 65.2 cm³/mol. The molecule has 0 spiro atoms. The lowest BCUT2D eigenvalue weighted by Gasteiger charge is -1.97. The summed E-state index contributed by atoms with van der Waals surface area (Å²) in [6.45, 7) is 0. The van der Waals surface area contributed by atoms with Gasteiger partial charge in [0.15, 0.2) is 0 Å². The smallest absolute Gasteiger partial charge is 0.260 e. The number of aromatic nitrogens is 4. The normalized spacial score (nSPS) is 10.4. The summed E-state index contributed by atoms with van der Waals surface area (Å²) in [5, 5.41) is 3.84. The van der Waals surface area contributed by atoms with Gasteiger partial charge >= 0.3 is 0 Å². The van der Waals surface area contributed by atoms with Crippen LogP contribution in [0.15, 0.2) is 47.2 Å². The van der Waals surface area contributed by atoms with Gasteiger partial charge in [0.05, 0.1) is 5.56 Å². The Morgan fingerprint density at radius 3 is 2.50 bits per heavy atom. The number of rotatable bonds is 2. The van der Waals surface area contributed by atoms with E-state index in [4.69, 9.17) is 10.3 Å². The molecule has 2 aromatic heterocycles. The molecule has 88 valence electrons. The highest BCUT2D eigenvalue weighted by molar-refractivity contribution is 5.70. The molecular weight excluding hydrogens is 230 g/mol. The molecule has 0 aliphatic carbocycles. The highest BCUT2D eigenvalue weighted by atomic mass is 16.5. The Kier molecular flexibility index (Phi) is 2.45. The molecule has 0 bridgehead atoms. The van der Waals surface area contributed by atoms with Gasteiger partial charge in [-0.2, -0.15) is 4.98 Å². The molecule has 2 N–H and O–H groups in total. The molecule has 18 heavy (non-hydrogen) atoms. The Labute approximate surface area is 103 Å². The van der Waals surface area contributed by atoms with E-state index in [0.717, 1.165) is 0 Å². The van der Waals surface area contributed by atoms with Crippen LogP contribution in [0.4, 0.5) is 5.69 Å². The lowest BCUT2D eigenvalue weighted by atomic mass is 10.2. The maximum Gasteiger partial charge on any atom is 0.260 e.